The predicted molar refractivity (Wildman–Crippen MR) is 104 cm³/mol. The molecule has 27 heavy (non-hydrogen) atoms. The molecular weight excluding hydrogens is 340 g/mol. The number of carbonyl (C=O) groups is 3. The average molecular weight is 364 g/mol. The summed E-state index contributed by atoms with van der Waals surface area (Å²) in [6.45, 7) is 6.31. The second kappa shape index (κ2) is 7.74. The Hall–Kier alpha value is -2.95. The van der Waals surface area contributed by atoms with E-state index in [9.17, 15) is 14.4 Å². The van der Waals surface area contributed by atoms with Crippen LogP contribution in [0.1, 0.15) is 63.2 Å². The minimum Gasteiger partial charge on any atom is -0.350 e. The van der Waals surface area contributed by atoms with Crippen LogP contribution in [-0.4, -0.2) is 29.2 Å². The third-order valence-corrected chi connectivity index (χ3v) is 5.07. The van der Waals surface area contributed by atoms with Crippen LogP contribution in [0.2, 0.25) is 0 Å². The van der Waals surface area contributed by atoms with Gasteiger partial charge in [0.25, 0.3) is 11.8 Å². The van der Waals surface area contributed by atoms with E-state index < -0.39 is 0 Å². The van der Waals surface area contributed by atoms with Gasteiger partial charge in [0.05, 0.1) is 17.2 Å². The van der Waals surface area contributed by atoms with Crippen molar-refractivity contribution in [3.8, 4) is 0 Å². The SMILES string of the molecule is Cc1ccc([C@H](C)NC(=O)CCCN2C(=O)c3ccccc3C2=O)cc1C. The van der Waals surface area contributed by atoms with E-state index in [4.69, 9.17) is 0 Å². The summed E-state index contributed by atoms with van der Waals surface area (Å²) >= 11 is 0. The van der Waals surface area contributed by atoms with Crippen LogP contribution in [0, 0.1) is 13.8 Å². The number of fused-ring (bicyclic) bond motifs is 1. The zero-order valence-electron chi connectivity index (χ0n) is 15.9. The molecule has 0 bridgehead atoms. The van der Waals surface area contributed by atoms with Gasteiger partial charge in [-0.25, -0.2) is 0 Å². The van der Waals surface area contributed by atoms with E-state index in [1.165, 1.54) is 16.0 Å². The smallest absolute Gasteiger partial charge is 0.261 e. The van der Waals surface area contributed by atoms with Gasteiger partial charge in [-0.3, -0.25) is 19.3 Å². The standard InChI is InChI=1S/C22H24N2O3/c1-14-10-11-17(13-15(14)2)16(3)23-20(25)9-6-12-24-21(26)18-7-4-5-8-19(18)22(24)27/h4-5,7-8,10-11,13,16H,6,9,12H2,1-3H3,(H,23,25)/t16-/m0/s1. The Bertz CT molecular complexity index is 869. The van der Waals surface area contributed by atoms with Crippen LogP contribution < -0.4 is 5.32 Å². The Morgan fingerprint density at radius 2 is 1.63 bits per heavy atom. The fraction of sp³-hybridized carbons (Fsp3) is 0.318. The molecule has 5 nitrogen and oxygen atoms in total. The van der Waals surface area contributed by atoms with Gasteiger partial charge in [-0.2, -0.15) is 0 Å². The lowest BCUT2D eigenvalue weighted by molar-refractivity contribution is -0.121. The van der Waals surface area contributed by atoms with Crippen molar-refractivity contribution in [1.82, 2.24) is 10.2 Å². The Kier molecular flexibility index (Phi) is 5.40. The molecule has 1 atom stereocenters. The largest absolute Gasteiger partial charge is 0.350 e. The number of nitrogens with zero attached hydrogens (tertiary/aromatic N) is 1. The monoisotopic (exact) mass is 364 g/mol. The molecule has 0 aliphatic carbocycles. The van der Waals surface area contributed by atoms with E-state index in [-0.39, 0.29) is 36.7 Å². The van der Waals surface area contributed by atoms with Gasteiger partial charge in [-0.1, -0.05) is 30.3 Å². The van der Waals surface area contributed by atoms with Crippen molar-refractivity contribution in [3.63, 3.8) is 0 Å². The van der Waals surface area contributed by atoms with Crippen molar-refractivity contribution in [1.29, 1.82) is 0 Å². The first kappa shape index (κ1) is 18.8. The number of aryl methyl sites for hydroxylation is 2. The maximum Gasteiger partial charge on any atom is 0.261 e. The Morgan fingerprint density at radius 1 is 1.00 bits per heavy atom. The molecule has 0 unspecified atom stereocenters. The van der Waals surface area contributed by atoms with Crippen molar-refractivity contribution in [2.75, 3.05) is 6.54 Å². The highest BCUT2D eigenvalue weighted by atomic mass is 16.2. The first-order chi connectivity index (χ1) is 12.9. The van der Waals surface area contributed by atoms with Gasteiger partial charge in [0.1, 0.15) is 0 Å². The number of nitrogens with one attached hydrogen (secondary N) is 1. The molecule has 1 heterocycles. The highest BCUT2D eigenvalue weighted by Gasteiger charge is 2.34. The predicted octanol–water partition coefficient (Wildman–Crippen LogP) is 3.56. The van der Waals surface area contributed by atoms with Gasteiger partial charge >= 0.3 is 0 Å². The van der Waals surface area contributed by atoms with Crippen LogP contribution in [-0.2, 0) is 4.79 Å². The summed E-state index contributed by atoms with van der Waals surface area (Å²) in [7, 11) is 0. The van der Waals surface area contributed by atoms with Crippen LogP contribution in [0.4, 0.5) is 0 Å². The Morgan fingerprint density at radius 3 is 2.22 bits per heavy atom. The van der Waals surface area contributed by atoms with E-state index in [0.29, 0.717) is 17.5 Å². The molecule has 3 amide bonds. The number of hydrogen-bond donors (Lipinski definition) is 1. The fourth-order valence-electron chi connectivity index (χ4n) is 3.27. The zero-order valence-corrected chi connectivity index (χ0v) is 15.9. The van der Waals surface area contributed by atoms with Crippen molar-refractivity contribution in [3.05, 3.63) is 70.3 Å². The molecule has 1 aliphatic heterocycles. The minimum absolute atomic E-state index is 0.0858. The van der Waals surface area contributed by atoms with Gasteiger partial charge < -0.3 is 5.32 Å². The van der Waals surface area contributed by atoms with Crippen molar-refractivity contribution in [2.24, 2.45) is 0 Å². The lowest BCUT2D eigenvalue weighted by Gasteiger charge is -2.17. The van der Waals surface area contributed by atoms with Gasteiger partial charge in [-0.15, -0.1) is 0 Å². The number of carbonyl (C=O) groups excluding carboxylic acids is 3. The highest BCUT2D eigenvalue weighted by molar-refractivity contribution is 6.21. The van der Waals surface area contributed by atoms with Crippen LogP contribution in [0.3, 0.4) is 0 Å². The van der Waals surface area contributed by atoms with E-state index in [0.717, 1.165) is 5.56 Å². The van der Waals surface area contributed by atoms with Crippen LogP contribution in [0.5, 0.6) is 0 Å². The van der Waals surface area contributed by atoms with E-state index in [1.54, 1.807) is 24.3 Å². The third kappa shape index (κ3) is 3.92. The molecular formula is C22H24N2O3. The molecule has 0 saturated carbocycles. The molecule has 3 rings (SSSR count). The lowest BCUT2D eigenvalue weighted by atomic mass is 10.0. The maximum atomic E-state index is 12.3. The van der Waals surface area contributed by atoms with Crippen molar-refractivity contribution < 1.29 is 14.4 Å². The van der Waals surface area contributed by atoms with Gasteiger partial charge in [0.15, 0.2) is 0 Å². The molecule has 1 aliphatic rings. The first-order valence-electron chi connectivity index (χ1n) is 9.20. The van der Waals surface area contributed by atoms with Gasteiger partial charge in [0, 0.05) is 13.0 Å². The summed E-state index contributed by atoms with van der Waals surface area (Å²) in [5.41, 5.74) is 4.36. The van der Waals surface area contributed by atoms with Crippen LogP contribution in [0.15, 0.2) is 42.5 Å². The van der Waals surface area contributed by atoms with E-state index >= 15 is 0 Å². The van der Waals surface area contributed by atoms with Gasteiger partial charge in [-0.05, 0) is 56.0 Å². The number of amides is 3. The molecule has 1 N–H and O–H groups in total. The second-order valence-corrected chi connectivity index (χ2v) is 7.04. The summed E-state index contributed by atoms with van der Waals surface area (Å²) < 4.78 is 0. The van der Waals surface area contributed by atoms with Gasteiger partial charge in [0.2, 0.25) is 5.91 Å². The minimum atomic E-state index is -0.278. The fourth-order valence-corrected chi connectivity index (χ4v) is 3.27. The maximum absolute atomic E-state index is 12.3. The molecule has 0 radical (unpaired) electrons. The third-order valence-electron chi connectivity index (χ3n) is 5.07. The summed E-state index contributed by atoms with van der Waals surface area (Å²) in [5.74, 6) is -0.642. The average Bonchev–Trinajstić information content (AvgIpc) is 2.89. The number of imide groups is 1. The summed E-state index contributed by atoms with van der Waals surface area (Å²) in [5, 5.41) is 2.98. The summed E-state index contributed by atoms with van der Waals surface area (Å²) in [4.78, 5) is 38.1. The summed E-state index contributed by atoms with van der Waals surface area (Å²) in [6.07, 6.45) is 0.708. The second-order valence-electron chi connectivity index (χ2n) is 7.04. The molecule has 2 aromatic carbocycles. The topological polar surface area (TPSA) is 66.5 Å². The number of hydrogen-bond acceptors (Lipinski definition) is 3. The van der Waals surface area contributed by atoms with Crippen molar-refractivity contribution >= 4 is 17.7 Å². The zero-order chi connectivity index (χ0) is 19.6. The number of rotatable bonds is 6. The molecule has 5 heteroatoms. The van der Waals surface area contributed by atoms with E-state index in [1.807, 2.05) is 13.0 Å². The normalized spacial score (nSPS) is 14.3. The molecule has 0 aromatic heterocycles. The highest BCUT2D eigenvalue weighted by Crippen LogP contribution is 2.22. The molecule has 0 saturated heterocycles. The lowest BCUT2D eigenvalue weighted by Crippen LogP contribution is -2.32. The molecule has 140 valence electrons. The molecule has 0 spiro atoms. The van der Waals surface area contributed by atoms with E-state index in [2.05, 4.69) is 31.3 Å². The quantitative estimate of drug-likeness (QED) is 0.797. The number of benzene rings is 2. The summed E-state index contributed by atoms with van der Waals surface area (Å²) in [6, 6.07) is 12.9. The Labute approximate surface area is 159 Å². The molecule has 2 aromatic rings. The van der Waals surface area contributed by atoms with Crippen LogP contribution in [0.25, 0.3) is 0 Å². The Balaban J connectivity index is 1.51. The van der Waals surface area contributed by atoms with Crippen LogP contribution >= 0.6 is 0 Å². The first-order valence-corrected chi connectivity index (χ1v) is 9.20. The van der Waals surface area contributed by atoms with Crippen molar-refractivity contribution in [2.45, 2.75) is 39.7 Å². The molecule has 0 fully saturated rings.